The van der Waals surface area contributed by atoms with Gasteiger partial charge in [0.15, 0.2) is 5.12 Å². The van der Waals surface area contributed by atoms with Crippen LogP contribution in [0, 0.1) is 13.8 Å². The Morgan fingerprint density at radius 3 is 2.44 bits per heavy atom. The summed E-state index contributed by atoms with van der Waals surface area (Å²) in [5, 5.41) is 7.51. The molecule has 6 heteroatoms. The van der Waals surface area contributed by atoms with Crippen LogP contribution in [0.4, 0.5) is 0 Å². The monoisotopic (exact) mass is 359 g/mol. The first kappa shape index (κ1) is 19.2. The molecule has 0 fully saturated rings. The molecule has 0 aliphatic rings. The summed E-state index contributed by atoms with van der Waals surface area (Å²) < 4.78 is 1.80. The van der Waals surface area contributed by atoms with Crippen molar-refractivity contribution in [2.75, 3.05) is 5.75 Å². The van der Waals surface area contributed by atoms with E-state index in [1.165, 1.54) is 11.8 Å². The molecule has 1 N–H and O–H groups in total. The van der Waals surface area contributed by atoms with Crippen LogP contribution in [-0.2, 0) is 16.9 Å². The van der Waals surface area contributed by atoms with Crippen LogP contribution >= 0.6 is 11.8 Å². The first-order valence-electron chi connectivity index (χ1n) is 8.24. The molecule has 134 valence electrons. The Labute approximate surface area is 153 Å². The van der Waals surface area contributed by atoms with Crippen molar-refractivity contribution in [3.05, 3.63) is 52.8 Å². The number of carbonyl (C=O) groups is 2. The Balaban J connectivity index is 2.06. The highest BCUT2D eigenvalue weighted by atomic mass is 32.2. The van der Waals surface area contributed by atoms with Crippen LogP contribution in [-0.4, -0.2) is 26.6 Å². The summed E-state index contributed by atoms with van der Waals surface area (Å²) >= 11 is 1.28. The average molecular weight is 359 g/mol. The van der Waals surface area contributed by atoms with Crippen LogP contribution in [0.15, 0.2) is 30.6 Å². The molecular weight excluding hydrogens is 334 g/mol. The lowest BCUT2D eigenvalue weighted by Crippen LogP contribution is -2.40. The van der Waals surface area contributed by atoms with Crippen molar-refractivity contribution in [3.8, 4) is 0 Å². The molecule has 5 nitrogen and oxygen atoms in total. The zero-order valence-electron chi connectivity index (χ0n) is 15.4. The van der Waals surface area contributed by atoms with E-state index in [9.17, 15) is 9.59 Å². The summed E-state index contributed by atoms with van der Waals surface area (Å²) in [4.78, 5) is 23.6. The summed E-state index contributed by atoms with van der Waals surface area (Å²) in [6.45, 7) is 10.1. The molecule has 1 aromatic carbocycles. The lowest BCUT2D eigenvalue weighted by atomic mass is 9.96. The number of hydrogen-bond acceptors (Lipinski definition) is 4. The van der Waals surface area contributed by atoms with Gasteiger partial charge in [-0.25, -0.2) is 0 Å². The van der Waals surface area contributed by atoms with Gasteiger partial charge in [-0.15, -0.1) is 0 Å². The van der Waals surface area contributed by atoms with Crippen LogP contribution in [0.3, 0.4) is 0 Å². The van der Waals surface area contributed by atoms with E-state index in [2.05, 4.69) is 10.4 Å². The number of benzene rings is 1. The predicted molar refractivity (Wildman–Crippen MR) is 102 cm³/mol. The third-order valence-corrected chi connectivity index (χ3v) is 4.68. The highest BCUT2D eigenvalue weighted by molar-refractivity contribution is 8.13. The zero-order chi connectivity index (χ0) is 18.6. The van der Waals surface area contributed by atoms with E-state index in [0.717, 1.165) is 16.7 Å². The standard InChI is InChI=1S/C19H25N3O2S/c1-13-8-14(2)10-16(9-13)18(24)21-19(4,5)17-11-20-22(12-17)6-7-25-15(3)23/h8-12H,6-7H2,1-5H3,(H,21,24). The molecule has 25 heavy (non-hydrogen) atoms. The third kappa shape index (κ3) is 5.46. The van der Waals surface area contributed by atoms with Crippen LogP contribution < -0.4 is 5.32 Å². The van der Waals surface area contributed by atoms with Gasteiger partial charge in [-0.2, -0.15) is 5.10 Å². The third-order valence-electron chi connectivity index (χ3n) is 3.89. The average Bonchev–Trinajstić information content (AvgIpc) is 2.95. The Morgan fingerprint density at radius 1 is 1.20 bits per heavy atom. The maximum Gasteiger partial charge on any atom is 0.251 e. The Bertz CT molecular complexity index is 760. The van der Waals surface area contributed by atoms with Crippen molar-refractivity contribution >= 4 is 22.8 Å². The van der Waals surface area contributed by atoms with E-state index in [1.807, 2.05) is 52.1 Å². The largest absolute Gasteiger partial charge is 0.343 e. The van der Waals surface area contributed by atoms with Crippen LogP contribution in [0.5, 0.6) is 0 Å². The van der Waals surface area contributed by atoms with E-state index in [-0.39, 0.29) is 11.0 Å². The number of thioether (sulfide) groups is 1. The molecule has 0 saturated carbocycles. The number of rotatable bonds is 6. The molecule has 1 aromatic heterocycles. The molecular formula is C19H25N3O2S. The van der Waals surface area contributed by atoms with Gasteiger partial charge in [-0.3, -0.25) is 14.3 Å². The van der Waals surface area contributed by atoms with Crippen molar-refractivity contribution in [1.82, 2.24) is 15.1 Å². The molecule has 1 amide bonds. The minimum Gasteiger partial charge on any atom is -0.343 e. The number of nitrogens with one attached hydrogen (secondary N) is 1. The van der Waals surface area contributed by atoms with Gasteiger partial charge in [0, 0.05) is 30.0 Å². The van der Waals surface area contributed by atoms with Crippen LogP contribution in [0.2, 0.25) is 0 Å². The van der Waals surface area contributed by atoms with Gasteiger partial charge in [0.05, 0.1) is 18.3 Å². The molecule has 0 radical (unpaired) electrons. The van der Waals surface area contributed by atoms with E-state index in [0.29, 0.717) is 17.9 Å². The molecule has 1 heterocycles. The molecule has 0 aliphatic heterocycles. The number of hydrogen-bond donors (Lipinski definition) is 1. The Morgan fingerprint density at radius 2 is 1.84 bits per heavy atom. The van der Waals surface area contributed by atoms with E-state index < -0.39 is 5.54 Å². The minimum atomic E-state index is -0.541. The van der Waals surface area contributed by atoms with Crippen molar-refractivity contribution in [1.29, 1.82) is 0 Å². The summed E-state index contributed by atoms with van der Waals surface area (Å²) in [5.74, 6) is 0.586. The van der Waals surface area contributed by atoms with Gasteiger partial charge >= 0.3 is 0 Å². The topological polar surface area (TPSA) is 64.0 Å². The molecule has 2 rings (SSSR count). The zero-order valence-corrected chi connectivity index (χ0v) is 16.2. The Hall–Kier alpha value is -2.08. The van der Waals surface area contributed by atoms with Crippen LogP contribution in [0.25, 0.3) is 0 Å². The molecule has 0 saturated heterocycles. The highest BCUT2D eigenvalue weighted by Crippen LogP contribution is 2.21. The van der Waals surface area contributed by atoms with Crippen molar-refractivity contribution in [2.45, 2.75) is 46.7 Å². The fourth-order valence-electron chi connectivity index (χ4n) is 2.63. The predicted octanol–water partition coefficient (Wildman–Crippen LogP) is 3.44. The number of aromatic nitrogens is 2. The number of carbonyl (C=O) groups excluding carboxylic acids is 2. The molecule has 0 aliphatic carbocycles. The maximum absolute atomic E-state index is 12.6. The van der Waals surface area contributed by atoms with Gasteiger partial charge in [0.2, 0.25) is 0 Å². The van der Waals surface area contributed by atoms with Gasteiger partial charge in [-0.05, 0) is 39.8 Å². The normalized spacial score (nSPS) is 11.4. The molecule has 2 aromatic rings. The second-order valence-electron chi connectivity index (χ2n) is 6.79. The maximum atomic E-state index is 12.6. The minimum absolute atomic E-state index is 0.100. The molecule has 0 unspecified atom stereocenters. The quantitative estimate of drug-likeness (QED) is 0.858. The van der Waals surface area contributed by atoms with Crippen molar-refractivity contribution in [2.24, 2.45) is 0 Å². The van der Waals surface area contributed by atoms with Gasteiger partial charge in [0.25, 0.3) is 5.91 Å². The van der Waals surface area contributed by atoms with Crippen LogP contribution in [0.1, 0.15) is 47.8 Å². The van der Waals surface area contributed by atoms with E-state index >= 15 is 0 Å². The first-order valence-corrected chi connectivity index (χ1v) is 9.23. The summed E-state index contributed by atoms with van der Waals surface area (Å²) in [5.41, 5.74) is 3.19. The fourth-order valence-corrected chi connectivity index (χ4v) is 3.19. The highest BCUT2D eigenvalue weighted by Gasteiger charge is 2.25. The summed E-state index contributed by atoms with van der Waals surface area (Å²) in [6, 6.07) is 5.83. The molecule has 0 spiro atoms. The number of nitrogens with zero attached hydrogens (tertiary/aromatic N) is 2. The SMILES string of the molecule is CC(=O)SCCn1cc(C(C)(C)NC(=O)c2cc(C)cc(C)c2)cn1. The molecule has 0 atom stereocenters. The fraction of sp³-hybridized carbons (Fsp3) is 0.421. The van der Waals surface area contributed by atoms with Crippen molar-refractivity contribution < 1.29 is 9.59 Å². The summed E-state index contributed by atoms with van der Waals surface area (Å²) in [6.07, 6.45) is 3.68. The lowest BCUT2D eigenvalue weighted by molar-refractivity contribution is -0.109. The second-order valence-corrected chi connectivity index (χ2v) is 8.06. The summed E-state index contributed by atoms with van der Waals surface area (Å²) in [7, 11) is 0. The van der Waals surface area contributed by atoms with Gasteiger partial charge in [0.1, 0.15) is 0 Å². The molecule has 0 bridgehead atoms. The van der Waals surface area contributed by atoms with Gasteiger partial charge in [-0.1, -0.05) is 29.0 Å². The first-order chi connectivity index (χ1) is 11.7. The van der Waals surface area contributed by atoms with E-state index in [4.69, 9.17) is 0 Å². The van der Waals surface area contributed by atoms with E-state index in [1.54, 1.807) is 17.8 Å². The Kier molecular flexibility index (Phi) is 6.06. The number of amides is 1. The number of aryl methyl sites for hydroxylation is 3. The smallest absolute Gasteiger partial charge is 0.251 e. The van der Waals surface area contributed by atoms with Gasteiger partial charge < -0.3 is 5.32 Å². The van der Waals surface area contributed by atoms with Crippen molar-refractivity contribution in [3.63, 3.8) is 0 Å². The second kappa shape index (κ2) is 7.87. The lowest BCUT2D eigenvalue weighted by Gasteiger charge is -2.25.